The molecule has 0 saturated carbocycles. The molecular formula is C15H21N3O2. The molecule has 2 heterocycles. The fraction of sp³-hybridized carbons (Fsp3) is 0.600. The molecule has 5 nitrogen and oxygen atoms in total. The number of hydrogen-bond donors (Lipinski definition) is 1. The van der Waals surface area contributed by atoms with Crippen LogP contribution in [0.25, 0.3) is 11.0 Å². The van der Waals surface area contributed by atoms with Gasteiger partial charge in [0, 0.05) is 30.0 Å². The Kier molecular flexibility index (Phi) is 2.97. The lowest BCUT2D eigenvalue weighted by Gasteiger charge is -2.46. The van der Waals surface area contributed by atoms with Gasteiger partial charge in [-0.05, 0) is 50.1 Å². The average Bonchev–Trinajstić information content (AvgIpc) is 2.71. The molecule has 1 fully saturated rings. The summed E-state index contributed by atoms with van der Waals surface area (Å²) in [6.45, 7) is 8.87. The quantitative estimate of drug-likeness (QED) is 0.913. The number of hydrogen-bond acceptors (Lipinski definition) is 5. The lowest BCUT2D eigenvalue weighted by molar-refractivity contribution is 0.0560. The molecule has 1 aromatic heterocycles. The summed E-state index contributed by atoms with van der Waals surface area (Å²) in [5, 5.41) is 11.3. The fourth-order valence-electron chi connectivity index (χ4n) is 3.34. The molecule has 0 aliphatic carbocycles. The molecule has 20 heavy (non-hydrogen) atoms. The molecule has 0 radical (unpaired) electrons. The van der Waals surface area contributed by atoms with E-state index in [4.69, 9.17) is 9.37 Å². The van der Waals surface area contributed by atoms with E-state index in [-0.39, 0.29) is 17.2 Å². The first kappa shape index (κ1) is 13.4. The second kappa shape index (κ2) is 4.45. The summed E-state index contributed by atoms with van der Waals surface area (Å²) in [7, 11) is 0. The zero-order chi connectivity index (χ0) is 14.4. The van der Waals surface area contributed by atoms with E-state index in [0.717, 1.165) is 29.6 Å². The van der Waals surface area contributed by atoms with Crippen LogP contribution in [0.15, 0.2) is 22.8 Å². The van der Waals surface area contributed by atoms with Crippen LogP contribution in [0.1, 0.15) is 40.5 Å². The van der Waals surface area contributed by atoms with Gasteiger partial charge in [0.25, 0.3) is 0 Å². The van der Waals surface area contributed by atoms with E-state index in [2.05, 4.69) is 43.3 Å². The molecule has 3 rings (SSSR count). The minimum absolute atomic E-state index is 0.0754. The Bertz CT molecular complexity index is 602. The third-order valence-electron chi connectivity index (χ3n) is 3.68. The van der Waals surface area contributed by atoms with E-state index in [1.165, 1.54) is 0 Å². The Balaban J connectivity index is 1.79. The van der Waals surface area contributed by atoms with Crippen molar-refractivity contribution in [2.45, 2.75) is 57.7 Å². The van der Waals surface area contributed by atoms with E-state index in [0.29, 0.717) is 0 Å². The maximum atomic E-state index is 6.15. The number of benzene rings is 1. The van der Waals surface area contributed by atoms with Gasteiger partial charge in [-0.3, -0.25) is 0 Å². The molecular weight excluding hydrogens is 254 g/mol. The lowest BCUT2D eigenvalue weighted by Crippen LogP contribution is -2.60. The molecule has 0 spiro atoms. The van der Waals surface area contributed by atoms with Gasteiger partial charge in [0.1, 0.15) is 22.9 Å². The van der Waals surface area contributed by atoms with Gasteiger partial charge >= 0.3 is 0 Å². The zero-order valence-corrected chi connectivity index (χ0v) is 12.4. The lowest BCUT2D eigenvalue weighted by atomic mass is 9.81. The summed E-state index contributed by atoms with van der Waals surface area (Å²) in [5.74, 6) is 0.826. The van der Waals surface area contributed by atoms with Crippen molar-refractivity contribution in [3.8, 4) is 5.75 Å². The Hall–Kier alpha value is -1.62. The van der Waals surface area contributed by atoms with Crippen molar-refractivity contribution in [2.75, 3.05) is 0 Å². The predicted molar refractivity (Wildman–Crippen MR) is 76.7 cm³/mol. The Labute approximate surface area is 118 Å². The van der Waals surface area contributed by atoms with Gasteiger partial charge in [0.15, 0.2) is 0 Å². The van der Waals surface area contributed by atoms with Gasteiger partial charge in [-0.1, -0.05) is 0 Å². The van der Waals surface area contributed by atoms with Crippen LogP contribution in [0.3, 0.4) is 0 Å². The van der Waals surface area contributed by atoms with Crippen molar-refractivity contribution in [3.63, 3.8) is 0 Å². The molecule has 1 saturated heterocycles. The highest BCUT2D eigenvalue weighted by Gasteiger charge is 2.38. The first-order valence-corrected chi connectivity index (χ1v) is 7.01. The van der Waals surface area contributed by atoms with E-state index < -0.39 is 0 Å². The predicted octanol–water partition coefficient (Wildman–Crippen LogP) is 2.91. The molecule has 0 amide bonds. The van der Waals surface area contributed by atoms with Gasteiger partial charge in [-0.15, -0.1) is 0 Å². The van der Waals surface area contributed by atoms with Gasteiger partial charge in [-0.25, -0.2) is 4.63 Å². The molecule has 108 valence electrons. The van der Waals surface area contributed by atoms with Crippen LogP contribution in [0.2, 0.25) is 0 Å². The summed E-state index contributed by atoms with van der Waals surface area (Å²) in [6, 6.07) is 5.68. The highest BCUT2D eigenvalue weighted by molar-refractivity contribution is 5.74. The molecule has 1 aliphatic rings. The highest BCUT2D eigenvalue weighted by atomic mass is 16.6. The van der Waals surface area contributed by atoms with Crippen LogP contribution in [-0.4, -0.2) is 27.5 Å². The van der Waals surface area contributed by atoms with Gasteiger partial charge in [0.2, 0.25) is 0 Å². The summed E-state index contributed by atoms with van der Waals surface area (Å²) < 4.78 is 10.9. The zero-order valence-electron chi connectivity index (χ0n) is 12.4. The molecule has 0 unspecified atom stereocenters. The van der Waals surface area contributed by atoms with E-state index in [1.807, 2.05) is 18.2 Å². The number of rotatable bonds is 2. The standard InChI is InChI=1S/C15H21N3O2/c1-14(2)8-11(9-15(3,4)18-14)19-10-5-6-12-13(7-10)17-20-16-12/h5-7,11,18H,8-9H2,1-4H3. The number of nitrogens with zero attached hydrogens (tertiary/aromatic N) is 2. The summed E-state index contributed by atoms with van der Waals surface area (Å²) >= 11 is 0. The first-order valence-electron chi connectivity index (χ1n) is 7.01. The maximum absolute atomic E-state index is 6.15. The number of fused-ring (bicyclic) bond motifs is 1. The second-order valence-electron chi connectivity index (χ2n) is 6.96. The maximum Gasteiger partial charge on any atom is 0.138 e. The number of nitrogens with one attached hydrogen (secondary N) is 1. The average molecular weight is 275 g/mol. The molecule has 2 aromatic rings. The normalized spacial score (nSPS) is 22.0. The summed E-state index contributed by atoms with van der Waals surface area (Å²) in [6.07, 6.45) is 2.15. The Morgan fingerprint density at radius 2 is 1.75 bits per heavy atom. The third kappa shape index (κ3) is 2.77. The fourth-order valence-corrected chi connectivity index (χ4v) is 3.34. The molecule has 1 N–H and O–H groups in total. The van der Waals surface area contributed by atoms with Crippen molar-refractivity contribution < 1.29 is 9.37 Å². The van der Waals surface area contributed by atoms with Crippen molar-refractivity contribution >= 4 is 11.0 Å². The third-order valence-corrected chi connectivity index (χ3v) is 3.68. The van der Waals surface area contributed by atoms with Gasteiger partial charge in [-0.2, -0.15) is 0 Å². The van der Waals surface area contributed by atoms with Crippen LogP contribution in [0.4, 0.5) is 0 Å². The van der Waals surface area contributed by atoms with Crippen molar-refractivity contribution in [2.24, 2.45) is 0 Å². The molecule has 5 heteroatoms. The number of ether oxygens (including phenoxy) is 1. The summed E-state index contributed by atoms with van der Waals surface area (Å²) in [5.41, 5.74) is 1.64. The Morgan fingerprint density at radius 3 is 2.45 bits per heavy atom. The largest absolute Gasteiger partial charge is 0.490 e. The first-order chi connectivity index (χ1) is 9.33. The Morgan fingerprint density at radius 1 is 1.10 bits per heavy atom. The van der Waals surface area contributed by atoms with Gasteiger partial charge in [0.05, 0.1) is 0 Å². The van der Waals surface area contributed by atoms with Crippen molar-refractivity contribution in [1.82, 2.24) is 15.6 Å². The van der Waals surface area contributed by atoms with Crippen molar-refractivity contribution in [3.05, 3.63) is 18.2 Å². The van der Waals surface area contributed by atoms with Crippen LogP contribution in [-0.2, 0) is 0 Å². The topological polar surface area (TPSA) is 60.2 Å². The van der Waals surface area contributed by atoms with Crippen molar-refractivity contribution in [1.29, 1.82) is 0 Å². The van der Waals surface area contributed by atoms with E-state index >= 15 is 0 Å². The second-order valence-corrected chi connectivity index (χ2v) is 6.96. The minimum atomic E-state index is 0.0754. The molecule has 0 bridgehead atoms. The van der Waals surface area contributed by atoms with Crippen LogP contribution < -0.4 is 10.1 Å². The SMILES string of the molecule is CC1(C)CC(Oc2ccc3nonc3c2)CC(C)(C)N1. The van der Waals surface area contributed by atoms with E-state index in [9.17, 15) is 0 Å². The highest BCUT2D eigenvalue weighted by Crippen LogP contribution is 2.31. The van der Waals surface area contributed by atoms with E-state index in [1.54, 1.807) is 0 Å². The number of aromatic nitrogens is 2. The smallest absolute Gasteiger partial charge is 0.138 e. The monoisotopic (exact) mass is 275 g/mol. The van der Waals surface area contributed by atoms with Gasteiger partial charge < -0.3 is 10.1 Å². The molecule has 0 atom stereocenters. The molecule has 1 aliphatic heterocycles. The van der Waals surface area contributed by atoms with Crippen LogP contribution >= 0.6 is 0 Å². The number of piperidine rings is 1. The van der Waals surface area contributed by atoms with Crippen LogP contribution in [0, 0.1) is 0 Å². The summed E-state index contributed by atoms with van der Waals surface area (Å²) in [4.78, 5) is 0. The molecule has 1 aromatic carbocycles. The van der Waals surface area contributed by atoms with Crippen LogP contribution in [0.5, 0.6) is 5.75 Å². The minimum Gasteiger partial charge on any atom is -0.490 e.